The summed E-state index contributed by atoms with van der Waals surface area (Å²) in [5, 5.41) is 9.36. The van der Waals surface area contributed by atoms with Crippen molar-refractivity contribution in [2.24, 2.45) is 0 Å². The lowest BCUT2D eigenvalue weighted by molar-refractivity contribution is 0.475. The molecule has 0 spiro atoms. The molecule has 2 aromatic rings. The van der Waals surface area contributed by atoms with E-state index < -0.39 is 10.0 Å². The molecule has 7 heteroatoms. The molecule has 0 aliphatic rings. The van der Waals surface area contributed by atoms with E-state index in [4.69, 9.17) is 0 Å². The summed E-state index contributed by atoms with van der Waals surface area (Å²) in [5.41, 5.74) is 1.07. The van der Waals surface area contributed by atoms with E-state index in [1.807, 2.05) is 11.5 Å². The zero-order chi connectivity index (χ0) is 15.6. The average Bonchev–Trinajstić information content (AvgIpc) is 2.76. The van der Waals surface area contributed by atoms with Crippen molar-refractivity contribution in [2.75, 3.05) is 4.72 Å². The summed E-state index contributed by atoms with van der Waals surface area (Å²) in [4.78, 5) is 4.11. The van der Waals surface area contributed by atoms with Crippen LogP contribution in [0.25, 0.3) is 0 Å². The molecule has 1 aromatic heterocycles. The first-order valence-electron chi connectivity index (χ1n) is 6.69. The van der Waals surface area contributed by atoms with Gasteiger partial charge in [0.15, 0.2) is 5.03 Å². The van der Waals surface area contributed by atoms with E-state index in [9.17, 15) is 13.5 Å². The average molecular weight is 309 g/mol. The van der Waals surface area contributed by atoms with Crippen molar-refractivity contribution in [3.63, 3.8) is 0 Å². The number of aromatic nitrogens is 2. The lowest BCUT2D eigenvalue weighted by Gasteiger charge is -2.09. The van der Waals surface area contributed by atoms with Crippen LogP contribution in [0.5, 0.6) is 5.75 Å². The third-order valence-electron chi connectivity index (χ3n) is 3.15. The molecule has 2 rings (SSSR count). The molecule has 0 aliphatic heterocycles. The van der Waals surface area contributed by atoms with Gasteiger partial charge < -0.3 is 9.67 Å². The van der Waals surface area contributed by atoms with Gasteiger partial charge in [-0.05, 0) is 44.0 Å². The third kappa shape index (κ3) is 3.36. The maximum atomic E-state index is 12.4. The van der Waals surface area contributed by atoms with Crippen LogP contribution in [0.3, 0.4) is 0 Å². The van der Waals surface area contributed by atoms with Crippen LogP contribution >= 0.6 is 0 Å². The number of phenols is 1. The van der Waals surface area contributed by atoms with Crippen molar-refractivity contribution < 1.29 is 13.5 Å². The number of phenolic OH excluding ortho intramolecular Hbond substituents is 1. The Kier molecular flexibility index (Phi) is 4.22. The molecule has 0 aliphatic carbocycles. The SMILES string of the molecule is CCCn1cc(S(=O)(=O)Nc2ccc(O)cc2C)nc1C. The first-order chi connectivity index (χ1) is 9.83. The van der Waals surface area contributed by atoms with Crippen molar-refractivity contribution in [2.45, 2.75) is 38.8 Å². The van der Waals surface area contributed by atoms with Crippen LogP contribution in [0, 0.1) is 13.8 Å². The summed E-state index contributed by atoms with van der Waals surface area (Å²) in [5.74, 6) is 0.762. The number of aryl methyl sites for hydroxylation is 3. The molecular formula is C14H19N3O3S. The lowest BCUT2D eigenvalue weighted by atomic mass is 10.2. The van der Waals surface area contributed by atoms with E-state index in [-0.39, 0.29) is 10.8 Å². The molecule has 0 fully saturated rings. The minimum Gasteiger partial charge on any atom is -0.508 e. The highest BCUT2D eigenvalue weighted by molar-refractivity contribution is 7.92. The van der Waals surface area contributed by atoms with Crippen LogP contribution in [0.4, 0.5) is 5.69 Å². The summed E-state index contributed by atoms with van der Waals surface area (Å²) in [6.07, 6.45) is 2.44. The molecule has 0 atom stereocenters. The van der Waals surface area contributed by atoms with Crippen LogP contribution in [0.2, 0.25) is 0 Å². The Labute approximate surface area is 124 Å². The van der Waals surface area contributed by atoms with Gasteiger partial charge in [0.05, 0.1) is 5.69 Å². The van der Waals surface area contributed by atoms with Gasteiger partial charge in [-0.3, -0.25) is 4.72 Å². The van der Waals surface area contributed by atoms with Gasteiger partial charge >= 0.3 is 0 Å². The monoisotopic (exact) mass is 309 g/mol. The molecule has 0 amide bonds. The molecule has 1 heterocycles. The minimum absolute atomic E-state index is 0.000856. The lowest BCUT2D eigenvalue weighted by Crippen LogP contribution is -2.14. The molecule has 6 nitrogen and oxygen atoms in total. The Bertz CT molecular complexity index is 751. The van der Waals surface area contributed by atoms with Crippen LogP contribution in [0.1, 0.15) is 24.7 Å². The molecule has 0 radical (unpaired) electrons. The van der Waals surface area contributed by atoms with E-state index in [1.54, 1.807) is 13.8 Å². The zero-order valence-electron chi connectivity index (χ0n) is 12.3. The largest absolute Gasteiger partial charge is 0.508 e. The quantitative estimate of drug-likeness (QED) is 0.831. The Morgan fingerprint density at radius 3 is 2.67 bits per heavy atom. The van der Waals surface area contributed by atoms with Crippen LogP contribution < -0.4 is 4.72 Å². The number of rotatable bonds is 5. The van der Waals surface area contributed by atoms with Gasteiger partial charge in [0.25, 0.3) is 10.0 Å². The van der Waals surface area contributed by atoms with Crippen molar-refractivity contribution >= 4 is 15.7 Å². The number of aromatic hydroxyl groups is 1. The number of benzene rings is 1. The molecule has 1 aromatic carbocycles. The van der Waals surface area contributed by atoms with Gasteiger partial charge in [-0.1, -0.05) is 6.92 Å². The highest BCUT2D eigenvalue weighted by Gasteiger charge is 2.20. The molecule has 2 N–H and O–H groups in total. The predicted octanol–water partition coefficient (Wildman–Crippen LogP) is 2.42. The Balaban J connectivity index is 2.32. The molecule has 0 saturated heterocycles. The van der Waals surface area contributed by atoms with E-state index in [0.29, 0.717) is 17.1 Å². The van der Waals surface area contributed by atoms with Gasteiger partial charge in [-0.15, -0.1) is 0 Å². The highest BCUT2D eigenvalue weighted by atomic mass is 32.2. The van der Waals surface area contributed by atoms with E-state index in [1.165, 1.54) is 24.4 Å². The normalized spacial score (nSPS) is 11.6. The van der Waals surface area contributed by atoms with Crippen LogP contribution in [-0.2, 0) is 16.6 Å². The molecular weight excluding hydrogens is 290 g/mol. The predicted molar refractivity (Wildman–Crippen MR) is 80.9 cm³/mol. The fourth-order valence-corrected chi connectivity index (χ4v) is 3.18. The van der Waals surface area contributed by atoms with Crippen LogP contribution in [-0.4, -0.2) is 23.1 Å². The summed E-state index contributed by atoms with van der Waals surface area (Å²) in [6, 6.07) is 4.46. The highest BCUT2D eigenvalue weighted by Crippen LogP contribution is 2.23. The molecule has 21 heavy (non-hydrogen) atoms. The minimum atomic E-state index is -3.73. The molecule has 0 bridgehead atoms. The van der Waals surface area contributed by atoms with Gasteiger partial charge in [-0.2, -0.15) is 8.42 Å². The van der Waals surface area contributed by atoms with Crippen LogP contribution in [0.15, 0.2) is 29.4 Å². The summed E-state index contributed by atoms with van der Waals surface area (Å²) < 4.78 is 29.0. The molecule has 114 valence electrons. The standard InChI is InChI=1S/C14H19N3O3S/c1-4-7-17-9-14(15-11(17)3)21(19,20)16-13-6-5-12(18)8-10(13)2/h5-6,8-9,16,18H,4,7H2,1-3H3. The second kappa shape index (κ2) is 5.77. The van der Waals surface area contributed by atoms with Gasteiger partial charge in [0.1, 0.15) is 11.6 Å². The molecule has 0 saturated carbocycles. The maximum Gasteiger partial charge on any atom is 0.280 e. The van der Waals surface area contributed by atoms with E-state index in [2.05, 4.69) is 9.71 Å². The number of anilines is 1. The number of nitrogens with one attached hydrogen (secondary N) is 1. The van der Waals surface area contributed by atoms with Crippen molar-refractivity contribution in [1.29, 1.82) is 0 Å². The number of imidazole rings is 1. The first-order valence-corrected chi connectivity index (χ1v) is 8.18. The number of hydrogen-bond acceptors (Lipinski definition) is 4. The van der Waals surface area contributed by atoms with Gasteiger partial charge in [0.2, 0.25) is 0 Å². The fourth-order valence-electron chi connectivity index (χ4n) is 2.04. The van der Waals surface area contributed by atoms with Crippen molar-refractivity contribution in [1.82, 2.24) is 9.55 Å². The summed E-state index contributed by atoms with van der Waals surface area (Å²) in [6.45, 7) is 6.25. The first kappa shape index (κ1) is 15.4. The molecule has 0 unspecified atom stereocenters. The second-order valence-corrected chi connectivity index (χ2v) is 6.55. The van der Waals surface area contributed by atoms with Crippen molar-refractivity contribution in [3.8, 4) is 5.75 Å². The smallest absolute Gasteiger partial charge is 0.280 e. The summed E-state index contributed by atoms with van der Waals surface area (Å²) in [7, 11) is -3.73. The Morgan fingerprint density at radius 2 is 2.05 bits per heavy atom. The van der Waals surface area contributed by atoms with E-state index >= 15 is 0 Å². The van der Waals surface area contributed by atoms with E-state index in [0.717, 1.165) is 13.0 Å². The van der Waals surface area contributed by atoms with Gasteiger partial charge in [0, 0.05) is 12.7 Å². The maximum absolute atomic E-state index is 12.4. The number of nitrogens with zero attached hydrogens (tertiary/aromatic N) is 2. The number of hydrogen-bond donors (Lipinski definition) is 2. The third-order valence-corrected chi connectivity index (χ3v) is 4.38. The van der Waals surface area contributed by atoms with Gasteiger partial charge in [-0.25, -0.2) is 4.98 Å². The second-order valence-electron chi connectivity index (χ2n) is 4.92. The van der Waals surface area contributed by atoms with Crippen molar-refractivity contribution in [3.05, 3.63) is 35.8 Å². The fraction of sp³-hybridized carbons (Fsp3) is 0.357. The zero-order valence-corrected chi connectivity index (χ0v) is 13.1. The Morgan fingerprint density at radius 1 is 1.33 bits per heavy atom. The summed E-state index contributed by atoms with van der Waals surface area (Å²) >= 11 is 0. The number of sulfonamides is 1. The topological polar surface area (TPSA) is 84.2 Å². The Hall–Kier alpha value is -2.02.